The zero-order valence-corrected chi connectivity index (χ0v) is 24.9. The molecule has 3 amide bonds. The van der Waals surface area contributed by atoms with Crippen molar-refractivity contribution < 1.29 is 24.2 Å². The van der Waals surface area contributed by atoms with Gasteiger partial charge in [0.25, 0.3) is 11.8 Å². The molecule has 0 bridgehead atoms. The van der Waals surface area contributed by atoms with E-state index >= 15 is 0 Å². The summed E-state index contributed by atoms with van der Waals surface area (Å²) < 4.78 is 6.43. The van der Waals surface area contributed by atoms with Gasteiger partial charge >= 0.3 is 0 Å². The fraction of sp³-hybridized carbons (Fsp3) is 0.594. The summed E-state index contributed by atoms with van der Waals surface area (Å²) in [5.74, 6) is -4.02. The highest BCUT2D eigenvalue weighted by molar-refractivity contribution is 6.01. The summed E-state index contributed by atoms with van der Waals surface area (Å²) in [7, 11) is 2.03. The summed E-state index contributed by atoms with van der Waals surface area (Å²) in [6, 6.07) is 4.88. The molecule has 42 heavy (non-hydrogen) atoms. The van der Waals surface area contributed by atoms with Crippen molar-refractivity contribution in [3.05, 3.63) is 41.6 Å². The maximum absolute atomic E-state index is 14.4. The molecule has 3 N–H and O–H groups in total. The molecule has 3 saturated heterocycles. The number of rotatable bonds is 6. The molecule has 3 fully saturated rings. The molecule has 6 atom stereocenters. The Morgan fingerprint density at radius 1 is 1.29 bits per heavy atom. The molecule has 1 aromatic heterocycles. The number of unbranched alkanes of at least 4 members (excludes halogenated alkanes) is 1. The average Bonchev–Trinajstić information content (AvgIpc) is 3.68. The monoisotopic (exact) mass is 575 g/mol. The lowest BCUT2D eigenvalue weighted by Crippen LogP contribution is -2.71. The van der Waals surface area contributed by atoms with Gasteiger partial charge in [0, 0.05) is 42.1 Å². The minimum atomic E-state index is -1.99. The highest BCUT2D eigenvalue weighted by Crippen LogP contribution is 2.48. The molecule has 0 saturated carbocycles. The number of H-pyrrole nitrogens is 1. The number of benzene rings is 1. The first-order valence-corrected chi connectivity index (χ1v) is 15.5. The minimum Gasteiger partial charge on any atom is -0.361 e. The Hall–Kier alpha value is -3.21. The van der Waals surface area contributed by atoms with Crippen molar-refractivity contribution >= 4 is 34.2 Å². The number of nitrogens with zero attached hydrogens (tertiary/aromatic N) is 3. The SMILES string of the molecule is CCCC[C@H]1C(=O)N2CCC[C@H]2[C@]2(O)O[C@](NC(=O)[C@@H]3C=C4c5cccc6[nH]cc(c56)C[C@H]4N(C)C3)(C(C)C)C(=O)N12. The number of piperazine rings is 1. The number of amides is 3. The summed E-state index contributed by atoms with van der Waals surface area (Å²) in [5, 5.41) is 16.3. The predicted octanol–water partition coefficient (Wildman–Crippen LogP) is 2.57. The number of carbonyl (C=O) groups excluding carboxylic acids is 3. The molecule has 5 aliphatic rings. The van der Waals surface area contributed by atoms with E-state index in [1.807, 2.05) is 40.0 Å². The molecule has 7 rings (SSSR count). The fourth-order valence-corrected chi connectivity index (χ4v) is 8.10. The number of hydrogen-bond donors (Lipinski definition) is 3. The predicted molar refractivity (Wildman–Crippen MR) is 157 cm³/mol. The van der Waals surface area contributed by atoms with Crippen molar-refractivity contribution in [2.24, 2.45) is 11.8 Å². The van der Waals surface area contributed by atoms with E-state index in [9.17, 15) is 19.5 Å². The number of ether oxygens (including phenoxy) is 1. The van der Waals surface area contributed by atoms with Crippen molar-refractivity contribution in [1.29, 1.82) is 0 Å². The van der Waals surface area contributed by atoms with E-state index in [1.54, 1.807) is 4.90 Å². The third kappa shape index (κ3) is 3.70. The number of aromatic amines is 1. The van der Waals surface area contributed by atoms with Crippen molar-refractivity contribution in [3.8, 4) is 0 Å². The molecule has 1 aliphatic carbocycles. The first kappa shape index (κ1) is 27.6. The Morgan fingerprint density at radius 3 is 2.86 bits per heavy atom. The van der Waals surface area contributed by atoms with Gasteiger partial charge in [-0.05, 0) is 55.5 Å². The van der Waals surface area contributed by atoms with Crippen LogP contribution in [0.4, 0.5) is 0 Å². The zero-order valence-electron chi connectivity index (χ0n) is 24.9. The second kappa shape index (κ2) is 9.65. The maximum Gasteiger partial charge on any atom is 0.281 e. The molecule has 10 heteroatoms. The van der Waals surface area contributed by atoms with Crippen LogP contribution in [0, 0.1) is 11.8 Å². The normalized spacial score (nSPS) is 34.1. The lowest BCUT2D eigenvalue weighted by Gasteiger charge is -2.48. The lowest BCUT2D eigenvalue weighted by atomic mass is 9.79. The van der Waals surface area contributed by atoms with Gasteiger partial charge in [0.05, 0.1) is 5.92 Å². The van der Waals surface area contributed by atoms with E-state index in [-0.39, 0.29) is 17.9 Å². The number of hydrogen-bond acceptors (Lipinski definition) is 6. The van der Waals surface area contributed by atoms with Crippen LogP contribution in [0.15, 0.2) is 30.5 Å². The van der Waals surface area contributed by atoms with Crippen molar-refractivity contribution in [3.63, 3.8) is 0 Å². The van der Waals surface area contributed by atoms with Crippen molar-refractivity contribution in [2.45, 2.75) is 89.1 Å². The minimum absolute atomic E-state index is 0.140. The quantitative estimate of drug-likeness (QED) is 0.488. The Bertz CT molecular complexity index is 1500. The molecule has 4 aliphatic heterocycles. The topological polar surface area (TPSA) is 118 Å². The van der Waals surface area contributed by atoms with Crippen LogP contribution in [0.2, 0.25) is 0 Å². The van der Waals surface area contributed by atoms with E-state index in [0.717, 1.165) is 42.3 Å². The van der Waals surface area contributed by atoms with Gasteiger partial charge in [-0.15, -0.1) is 0 Å². The Kier molecular flexibility index (Phi) is 6.35. The van der Waals surface area contributed by atoms with Gasteiger partial charge in [0.2, 0.25) is 17.5 Å². The zero-order chi connectivity index (χ0) is 29.6. The van der Waals surface area contributed by atoms with Gasteiger partial charge in [-0.2, -0.15) is 0 Å². The van der Waals surface area contributed by atoms with Gasteiger partial charge in [0.1, 0.15) is 12.1 Å². The fourth-order valence-electron chi connectivity index (χ4n) is 8.10. The summed E-state index contributed by atoms with van der Waals surface area (Å²) in [6.45, 7) is 6.67. The summed E-state index contributed by atoms with van der Waals surface area (Å²) in [6.07, 6.45) is 8.26. The van der Waals surface area contributed by atoms with E-state index in [0.29, 0.717) is 25.9 Å². The Labute approximate surface area is 246 Å². The summed E-state index contributed by atoms with van der Waals surface area (Å²) >= 11 is 0. The maximum atomic E-state index is 14.4. The van der Waals surface area contributed by atoms with Gasteiger partial charge in [-0.25, -0.2) is 0 Å². The third-order valence-corrected chi connectivity index (χ3v) is 10.3. The van der Waals surface area contributed by atoms with E-state index in [2.05, 4.69) is 33.5 Å². The Balaban J connectivity index is 1.24. The number of aliphatic hydroxyl groups is 1. The molecule has 0 spiro atoms. The molecule has 2 aromatic rings. The number of fused-ring (bicyclic) bond motifs is 5. The first-order chi connectivity index (χ1) is 20.1. The molecule has 1 aromatic carbocycles. The molecule has 0 unspecified atom stereocenters. The lowest BCUT2D eigenvalue weighted by molar-refractivity contribution is -0.322. The number of carbonyl (C=O) groups is 3. The van der Waals surface area contributed by atoms with Crippen molar-refractivity contribution in [2.75, 3.05) is 20.1 Å². The smallest absolute Gasteiger partial charge is 0.281 e. The average molecular weight is 576 g/mol. The van der Waals surface area contributed by atoms with E-state index in [4.69, 9.17) is 4.74 Å². The Morgan fingerprint density at radius 2 is 2.10 bits per heavy atom. The summed E-state index contributed by atoms with van der Waals surface area (Å²) in [5.41, 5.74) is 2.81. The standard InChI is InChI=1S/C32H41N5O5/c1-5-6-11-24-29(39)36-13-8-12-26(36)32(41)37(24)30(40)31(42-32,18(2)3)34-28(38)20-14-22-21-9-7-10-23-27(21)19(16-33-23)15-25(22)35(4)17-20/h7,9-10,14,16,18,20,24-26,33,41H,5-6,8,11-13,15,17H2,1-4H3,(H,34,38)/t20-,24+,25-,26+,31-,32+/m1/s1. The van der Waals surface area contributed by atoms with Gasteiger partial charge in [-0.1, -0.05) is 51.8 Å². The number of aromatic nitrogens is 1. The van der Waals surface area contributed by atoms with E-state index < -0.39 is 41.5 Å². The van der Waals surface area contributed by atoms with Crippen LogP contribution in [0.3, 0.4) is 0 Å². The van der Waals surface area contributed by atoms with Crippen LogP contribution in [0.5, 0.6) is 0 Å². The number of nitrogens with one attached hydrogen (secondary N) is 2. The number of likely N-dealkylation sites (N-methyl/N-ethyl adjacent to an activating group) is 1. The van der Waals surface area contributed by atoms with Gasteiger partial charge in [0.15, 0.2) is 0 Å². The molecule has 10 nitrogen and oxygen atoms in total. The summed E-state index contributed by atoms with van der Waals surface area (Å²) in [4.78, 5) is 50.6. The molecule has 224 valence electrons. The largest absolute Gasteiger partial charge is 0.361 e. The van der Waals surface area contributed by atoms with Crippen LogP contribution in [0.1, 0.15) is 64.0 Å². The molecular formula is C32H41N5O5. The van der Waals surface area contributed by atoms with Gasteiger partial charge < -0.3 is 20.3 Å². The van der Waals surface area contributed by atoms with Crippen LogP contribution >= 0.6 is 0 Å². The van der Waals surface area contributed by atoms with Crippen molar-refractivity contribution in [1.82, 2.24) is 25.0 Å². The van der Waals surface area contributed by atoms with Gasteiger partial charge in [-0.3, -0.25) is 28.9 Å². The first-order valence-electron chi connectivity index (χ1n) is 15.5. The van der Waals surface area contributed by atoms with E-state index in [1.165, 1.54) is 15.8 Å². The van der Waals surface area contributed by atoms with Crippen LogP contribution in [-0.2, 0) is 25.5 Å². The van der Waals surface area contributed by atoms with Crippen LogP contribution in [0.25, 0.3) is 16.5 Å². The molecular weight excluding hydrogens is 534 g/mol. The van der Waals surface area contributed by atoms with Crippen LogP contribution in [-0.4, -0.2) is 92.4 Å². The highest BCUT2D eigenvalue weighted by atomic mass is 16.7. The third-order valence-electron chi connectivity index (χ3n) is 10.3. The molecule has 0 radical (unpaired) electrons. The highest BCUT2D eigenvalue weighted by Gasteiger charge is 2.71. The second-order valence-corrected chi connectivity index (χ2v) is 13.1. The van der Waals surface area contributed by atoms with Crippen LogP contribution < -0.4 is 5.32 Å². The molecule has 5 heterocycles. The second-order valence-electron chi connectivity index (χ2n) is 13.1.